The lowest BCUT2D eigenvalue weighted by Crippen LogP contribution is -2.26. The Morgan fingerprint density at radius 1 is 1.45 bits per heavy atom. The molecule has 1 saturated carbocycles. The molecule has 0 radical (unpaired) electrons. The Labute approximate surface area is 130 Å². The molecular formula is C14H18BrF2NOS. The Hall–Kier alpha value is -0.330. The van der Waals surface area contributed by atoms with Crippen molar-refractivity contribution >= 4 is 27.7 Å². The first-order valence-corrected chi connectivity index (χ1v) is 8.66. The van der Waals surface area contributed by atoms with E-state index in [1.165, 1.54) is 6.42 Å². The molecule has 20 heavy (non-hydrogen) atoms. The van der Waals surface area contributed by atoms with Gasteiger partial charge in [-0.25, -0.2) is 0 Å². The Bertz CT molecular complexity index is 447. The predicted octanol–water partition coefficient (Wildman–Crippen LogP) is 4.42. The molecule has 1 aliphatic rings. The van der Waals surface area contributed by atoms with Gasteiger partial charge in [0.2, 0.25) is 0 Å². The summed E-state index contributed by atoms with van der Waals surface area (Å²) in [5, 5.41) is 4.16. The third-order valence-electron chi connectivity index (χ3n) is 3.54. The van der Waals surface area contributed by atoms with Gasteiger partial charge in [0.05, 0.1) is 0 Å². The van der Waals surface area contributed by atoms with Crippen molar-refractivity contribution in [3.05, 3.63) is 28.2 Å². The van der Waals surface area contributed by atoms with E-state index in [4.69, 9.17) is 0 Å². The average molecular weight is 366 g/mol. The highest BCUT2D eigenvalue weighted by Gasteiger charge is 2.23. The Morgan fingerprint density at radius 3 is 2.90 bits per heavy atom. The van der Waals surface area contributed by atoms with E-state index in [1.807, 2.05) is 17.8 Å². The van der Waals surface area contributed by atoms with E-state index in [-0.39, 0.29) is 5.75 Å². The van der Waals surface area contributed by atoms with Gasteiger partial charge in [-0.15, -0.1) is 0 Å². The van der Waals surface area contributed by atoms with Crippen LogP contribution in [-0.4, -0.2) is 24.2 Å². The van der Waals surface area contributed by atoms with Crippen molar-refractivity contribution in [3.63, 3.8) is 0 Å². The van der Waals surface area contributed by atoms with Crippen LogP contribution >= 0.6 is 27.7 Å². The van der Waals surface area contributed by atoms with E-state index in [2.05, 4.69) is 32.2 Å². The number of ether oxygens (including phenoxy) is 1. The largest absolute Gasteiger partial charge is 0.434 e. The van der Waals surface area contributed by atoms with Crippen molar-refractivity contribution < 1.29 is 13.5 Å². The molecule has 2 nitrogen and oxygen atoms in total. The number of alkyl halides is 2. The van der Waals surface area contributed by atoms with Crippen LogP contribution in [0.3, 0.4) is 0 Å². The number of thioether (sulfide) groups is 1. The van der Waals surface area contributed by atoms with Crippen LogP contribution < -0.4 is 10.1 Å². The molecule has 0 aromatic heterocycles. The van der Waals surface area contributed by atoms with Crippen LogP contribution in [-0.2, 0) is 6.54 Å². The Kier molecular flexibility index (Phi) is 6.11. The maximum atomic E-state index is 12.4. The summed E-state index contributed by atoms with van der Waals surface area (Å²) in [5.74, 6) is 0.245. The van der Waals surface area contributed by atoms with E-state index in [0.29, 0.717) is 17.8 Å². The van der Waals surface area contributed by atoms with Gasteiger partial charge in [-0.1, -0.05) is 15.9 Å². The van der Waals surface area contributed by atoms with Crippen LogP contribution in [0.4, 0.5) is 8.78 Å². The summed E-state index contributed by atoms with van der Waals surface area (Å²) in [7, 11) is 0. The van der Waals surface area contributed by atoms with Crippen LogP contribution in [0.1, 0.15) is 24.8 Å². The molecule has 1 fully saturated rings. The molecule has 0 aliphatic heterocycles. The van der Waals surface area contributed by atoms with Gasteiger partial charge in [-0.05, 0) is 43.7 Å². The second-order valence-corrected chi connectivity index (χ2v) is 6.93. The quantitative estimate of drug-likeness (QED) is 0.805. The molecule has 0 heterocycles. The topological polar surface area (TPSA) is 21.3 Å². The van der Waals surface area contributed by atoms with Gasteiger partial charge in [0.25, 0.3) is 0 Å². The molecule has 0 saturated heterocycles. The molecule has 1 aromatic carbocycles. The Balaban J connectivity index is 1.96. The molecule has 0 spiro atoms. The van der Waals surface area contributed by atoms with Crippen molar-refractivity contribution in [1.29, 1.82) is 0 Å². The Morgan fingerprint density at radius 2 is 2.25 bits per heavy atom. The van der Waals surface area contributed by atoms with Gasteiger partial charge in [0.15, 0.2) is 0 Å². The maximum Gasteiger partial charge on any atom is 0.387 e. The average Bonchev–Trinajstić information content (AvgIpc) is 2.86. The molecule has 2 rings (SSSR count). The van der Waals surface area contributed by atoms with E-state index in [0.717, 1.165) is 22.9 Å². The SMILES string of the molecule is CSC1CCC(NCc2cc(Br)ccc2OC(F)F)C1. The second-order valence-electron chi connectivity index (χ2n) is 4.88. The molecule has 1 N–H and O–H groups in total. The van der Waals surface area contributed by atoms with Crippen LogP contribution in [0.25, 0.3) is 0 Å². The fraction of sp³-hybridized carbons (Fsp3) is 0.571. The molecule has 0 amide bonds. The van der Waals surface area contributed by atoms with E-state index in [1.54, 1.807) is 12.1 Å². The van der Waals surface area contributed by atoms with Crippen LogP contribution in [0.2, 0.25) is 0 Å². The van der Waals surface area contributed by atoms with E-state index < -0.39 is 6.61 Å². The lowest BCUT2D eigenvalue weighted by Gasteiger charge is -2.15. The summed E-state index contributed by atoms with van der Waals surface area (Å²) < 4.78 is 30.2. The third kappa shape index (κ3) is 4.60. The monoisotopic (exact) mass is 365 g/mol. The number of nitrogens with one attached hydrogen (secondary N) is 1. The molecule has 6 heteroatoms. The van der Waals surface area contributed by atoms with Crippen molar-refractivity contribution in [1.82, 2.24) is 5.32 Å². The summed E-state index contributed by atoms with van der Waals surface area (Å²) >= 11 is 5.26. The normalized spacial score (nSPS) is 22.4. The standard InChI is InChI=1S/C14H18BrF2NOS/c1-20-12-4-3-11(7-12)18-8-9-6-10(15)2-5-13(9)19-14(16)17/h2,5-6,11-12,14,18H,3-4,7-8H2,1H3. The van der Waals surface area contributed by atoms with Crippen LogP contribution in [0, 0.1) is 0 Å². The van der Waals surface area contributed by atoms with E-state index in [9.17, 15) is 8.78 Å². The lowest BCUT2D eigenvalue weighted by molar-refractivity contribution is -0.0505. The molecule has 1 aliphatic carbocycles. The first-order chi connectivity index (χ1) is 9.58. The van der Waals surface area contributed by atoms with Gasteiger partial charge >= 0.3 is 6.61 Å². The molecule has 1 aromatic rings. The fourth-order valence-electron chi connectivity index (χ4n) is 2.49. The minimum atomic E-state index is -2.79. The highest BCUT2D eigenvalue weighted by molar-refractivity contribution is 9.10. The van der Waals surface area contributed by atoms with E-state index >= 15 is 0 Å². The second kappa shape index (κ2) is 7.61. The third-order valence-corrected chi connectivity index (χ3v) is 5.13. The molecular weight excluding hydrogens is 348 g/mol. The van der Waals surface area contributed by atoms with Gasteiger partial charge in [0, 0.05) is 27.9 Å². The summed E-state index contributed by atoms with van der Waals surface area (Å²) in [4.78, 5) is 0. The number of halogens is 3. The van der Waals surface area contributed by atoms with Gasteiger partial charge < -0.3 is 10.1 Å². The smallest absolute Gasteiger partial charge is 0.387 e. The minimum Gasteiger partial charge on any atom is -0.434 e. The highest BCUT2D eigenvalue weighted by atomic mass is 79.9. The summed E-state index contributed by atoms with van der Waals surface area (Å²) in [6.45, 7) is -2.24. The zero-order chi connectivity index (χ0) is 14.5. The highest BCUT2D eigenvalue weighted by Crippen LogP contribution is 2.29. The van der Waals surface area contributed by atoms with Gasteiger partial charge in [-0.3, -0.25) is 0 Å². The number of hydrogen-bond acceptors (Lipinski definition) is 3. The first kappa shape index (κ1) is 16.0. The van der Waals surface area contributed by atoms with Gasteiger partial charge in [-0.2, -0.15) is 20.5 Å². The van der Waals surface area contributed by atoms with Crippen LogP contribution in [0.15, 0.2) is 22.7 Å². The van der Waals surface area contributed by atoms with Gasteiger partial charge in [0.1, 0.15) is 5.75 Å². The molecule has 2 atom stereocenters. The minimum absolute atomic E-state index is 0.245. The van der Waals surface area contributed by atoms with Crippen molar-refractivity contribution in [3.8, 4) is 5.75 Å². The molecule has 112 valence electrons. The summed E-state index contributed by atoms with van der Waals surface area (Å²) in [6.07, 6.45) is 5.64. The number of benzene rings is 1. The van der Waals surface area contributed by atoms with Crippen molar-refractivity contribution in [2.75, 3.05) is 6.26 Å². The fourth-order valence-corrected chi connectivity index (χ4v) is 3.70. The van der Waals surface area contributed by atoms with Crippen molar-refractivity contribution in [2.45, 2.75) is 43.7 Å². The number of hydrogen-bond donors (Lipinski definition) is 1. The summed E-state index contributed by atoms with van der Waals surface area (Å²) in [5.41, 5.74) is 0.757. The first-order valence-electron chi connectivity index (χ1n) is 6.58. The zero-order valence-corrected chi connectivity index (χ0v) is 13.6. The van der Waals surface area contributed by atoms with Crippen molar-refractivity contribution in [2.24, 2.45) is 0 Å². The lowest BCUT2D eigenvalue weighted by atomic mass is 10.1. The summed E-state index contributed by atoms with van der Waals surface area (Å²) in [6, 6.07) is 5.57. The molecule has 0 bridgehead atoms. The van der Waals surface area contributed by atoms with Crippen LogP contribution in [0.5, 0.6) is 5.75 Å². The number of rotatable bonds is 6. The molecule has 2 unspecified atom stereocenters. The maximum absolute atomic E-state index is 12.4. The zero-order valence-electron chi connectivity index (χ0n) is 11.2. The predicted molar refractivity (Wildman–Crippen MR) is 82.6 cm³/mol.